The maximum Gasteiger partial charge on any atom is 0.325 e. The Labute approximate surface area is 82.6 Å². The molecule has 0 heterocycles. The maximum absolute atomic E-state index is 10.9. The number of carbonyl (C=O) groups excluding carboxylic acids is 2. The van der Waals surface area contributed by atoms with Gasteiger partial charge in [0.25, 0.3) is 0 Å². The zero-order chi connectivity index (χ0) is 10.8. The van der Waals surface area contributed by atoms with Gasteiger partial charge in [-0.1, -0.05) is 0 Å². The summed E-state index contributed by atoms with van der Waals surface area (Å²) in [4.78, 5) is 21.7. The number of urea groups is 1. The molecule has 0 rings (SSSR count). The van der Waals surface area contributed by atoms with Crippen LogP contribution in [-0.2, 0) is 9.53 Å². The number of aliphatic hydroxyl groups is 1. The Morgan fingerprint density at radius 2 is 2.07 bits per heavy atom. The molecule has 0 aliphatic heterocycles. The van der Waals surface area contributed by atoms with E-state index >= 15 is 0 Å². The lowest BCUT2D eigenvalue weighted by molar-refractivity contribution is -0.141. The van der Waals surface area contributed by atoms with Crippen LogP contribution in [0.5, 0.6) is 0 Å². The summed E-state index contributed by atoms with van der Waals surface area (Å²) in [5.74, 6) is -0.468. The second kappa shape index (κ2) is 8.31. The summed E-state index contributed by atoms with van der Waals surface area (Å²) in [6.45, 7) is 2.26. The summed E-state index contributed by atoms with van der Waals surface area (Å²) >= 11 is 0. The van der Waals surface area contributed by atoms with E-state index in [1.165, 1.54) is 0 Å². The summed E-state index contributed by atoms with van der Waals surface area (Å²) < 4.78 is 4.60. The molecule has 0 atom stereocenters. The fraction of sp³-hybridized carbons (Fsp3) is 0.750. The van der Waals surface area contributed by atoms with Gasteiger partial charge in [-0.15, -0.1) is 0 Å². The highest BCUT2D eigenvalue weighted by Gasteiger charge is 2.04. The highest BCUT2D eigenvalue weighted by atomic mass is 16.5. The number of aliphatic hydroxyl groups excluding tert-OH is 1. The van der Waals surface area contributed by atoms with Crippen molar-refractivity contribution in [3.8, 4) is 0 Å². The third-order valence-corrected chi connectivity index (χ3v) is 1.32. The van der Waals surface area contributed by atoms with Gasteiger partial charge in [-0.3, -0.25) is 4.79 Å². The van der Waals surface area contributed by atoms with Crippen LogP contribution < -0.4 is 10.6 Å². The molecule has 0 aromatic rings. The maximum atomic E-state index is 10.9. The summed E-state index contributed by atoms with van der Waals surface area (Å²) in [6, 6.07) is -0.438. The van der Waals surface area contributed by atoms with Crippen molar-refractivity contribution in [1.29, 1.82) is 0 Å². The SMILES string of the molecule is CCOC(=O)CNC(=O)NCCCO. The second-order valence-electron chi connectivity index (χ2n) is 2.49. The molecule has 6 nitrogen and oxygen atoms in total. The molecule has 0 aromatic heterocycles. The van der Waals surface area contributed by atoms with E-state index in [0.29, 0.717) is 19.6 Å². The van der Waals surface area contributed by atoms with Crippen molar-refractivity contribution in [2.45, 2.75) is 13.3 Å². The first-order chi connectivity index (χ1) is 6.70. The Hall–Kier alpha value is -1.30. The van der Waals surface area contributed by atoms with Gasteiger partial charge in [0.05, 0.1) is 6.61 Å². The lowest BCUT2D eigenvalue weighted by Gasteiger charge is -2.06. The Bertz CT molecular complexity index is 184. The molecule has 0 spiro atoms. The minimum absolute atomic E-state index is 0.0259. The van der Waals surface area contributed by atoms with Gasteiger partial charge in [0, 0.05) is 13.2 Å². The molecule has 0 unspecified atom stereocenters. The average Bonchev–Trinajstić information content (AvgIpc) is 2.16. The molecular weight excluding hydrogens is 188 g/mol. The van der Waals surface area contributed by atoms with E-state index in [1.54, 1.807) is 6.92 Å². The molecule has 0 fully saturated rings. The Morgan fingerprint density at radius 3 is 2.64 bits per heavy atom. The van der Waals surface area contributed by atoms with Gasteiger partial charge in [0.1, 0.15) is 6.54 Å². The van der Waals surface area contributed by atoms with Crippen LogP contribution in [0.1, 0.15) is 13.3 Å². The largest absolute Gasteiger partial charge is 0.465 e. The molecule has 0 aromatic carbocycles. The second-order valence-corrected chi connectivity index (χ2v) is 2.49. The highest BCUT2D eigenvalue weighted by Crippen LogP contribution is 1.76. The quantitative estimate of drug-likeness (QED) is 0.391. The topological polar surface area (TPSA) is 87.7 Å². The summed E-state index contributed by atoms with van der Waals surface area (Å²) in [6.07, 6.45) is 0.493. The van der Waals surface area contributed by atoms with Crippen molar-refractivity contribution in [3.63, 3.8) is 0 Å². The number of hydrogen-bond donors (Lipinski definition) is 3. The fourth-order valence-electron chi connectivity index (χ4n) is 0.708. The van der Waals surface area contributed by atoms with Crippen molar-refractivity contribution in [3.05, 3.63) is 0 Å². The van der Waals surface area contributed by atoms with Crippen LogP contribution in [0.15, 0.2) is 0 Å². The molecule has 0 saturated carbocycles. The van der Waals surface area contributed by atoms with Crippen molar-refractivity contribution in [1.82, 2.24) is 10.6 Å². The van der Waals surface area contributed by atoms with E-state index < -0.39 is 12.0 Å². The van der Waals surface area contributed by atoms with Gasteiger partial charge in [0.15, 0.2) is 0 Å². The van der Waals surface area contributed by atoms with Crippen LogP contribution in [0.25, 0.3) is 0 Å². The third kappa shape index (κ3) is 7.35. The first kappa shape index (κ1) is 12.7. The minimum atomic E-state index is -0.468. The van der Waals surface area contributed by atoms with Crippen LogP contribution >= 0.6 is 0 Å². The monoisotopic (exact) mass is 204 g/mol. The van der Waals surface area contributed by atoms with Crippen LogP contribution in [-0.4, -0.2) is 43.4 Å². The molecule has 0 aliphatic rings. The first-order valence-corrected chi connectivity index (χ1v) is 4.49. The molecule has 6 heteroatoms. The fourth-order valence-corrected chi connectivity index (χ4v) is 0.708. The van der Waals surface area contributed by atoms with E-state index in [9.17, 15) is 9.59 Å². The number of hydrogen-bond acceptors (Lipinski definition) is 4. The number of esters is 1. The third-order valence-electron chi connectivity index (χ3n) is 1.32. The minimum Gasteiger partial charge on any atom is -0.465 e. The van der Waals surface area contributed by atoms with Gasteiger partial charge in [-0.2, -0.15) is 0 Å². The van der Waals surface area contributed by atoms with Gasteiger partial charge < -0.3 is 20.5 Å². The van der Waals surface area contributed by atoms with E-state index in [0.717, 1.165) is 0 Å². The van der Waals surface area contributed by atoms with Crippen molar-refractivity contribution >= 4 is 12.0 Å². The normalized spacial score (nSPS) is 9.29. The number of rotatable bonds is 6. The van der Waals surface area contributed by atoms with Crippen LogP contribution in [0, 0.1) is 0 Å². The van der Waals surface area contributed by atoms with E-state index in [4.69, 9.17) is 5.11 Å². The van der Waals surface area contributed by atoms with E-state index in [2.05, 4.69) is 15.4 Å². The standard InChI is InChI=1S/C8H16N2O4/c1-2-14-7(12)6-10-8(13)9-4-3-5-11/h11H,2-6H2,1H3,(H2,9,10,13). The lowest BCUT2D eigenvalue weighted by Crippen LogP contribution is -2.39. The van der Waals surface area contributed by atoms with Crippen LogP contribution in [0.4, 0.5) is 4.79 Å². The summed E-state index contributed by atoms with van der Waals surface area (Å²) in [7, 11) is 0. The first-order valence-electron chi connectivity index (χ1n) is 4.49. The molecule has 0 saturated heterocycles. The molecule has 2 amide bonds. The summed E-state index contributed by atoms with van der Waals surface area (Å²) in [5.41, 5.74) is 0. The van der Waals surface area contributed by atoms with Crippen molar-refractivity contribution in [2.75, 3.05) is 26.3 Å². The van der Waals surface area contributed by atoms with E-state index in [-0.39, 0.29) is 13.2 Å². The Morgan fingerprint density at radius 1 is 1.36 bits per heavy atom. The van der Waals surface area contributed by atoms with Crippen LogP contribution in [0.2, 0.25) is 0 Å². The number of carbonyl (C=O) groups is 2. The average molecular weight is 204 g/mol. The molecule has 14 heavy (non-hydrogen) atoms. The predicted molar refractivity (Wildman–Crippen MR) is 49.7 cm³/mol. The van der Waals surface area contributed by atoms with Crippen LogP contribution in [0.3, 0.4) is 0 Å². The zero-order valence-electron chi connectivity index (χ0n) is 8.21. The lowest BCUT2D eigenvalue weighted by atomic mass is 10.4. The van der Waals surface area contributed by atoms with Crippen molar-refractivity contribution < 1.29 is 19.4 Å². The number of nitrogens with one attached hydrogen (secondary N) is 2. The molecule has 0 aliphatic carbocycles. The Kier molecular flexibility index (Phi) is 7.53. The highest BCUT2D eigenvalue weighted by molar-refractivity contribution is 5.80. The van der Waals surface area contributed by atoms with Gasteiger partial charge in [-0.25, -0.2) is 4.79 Å². The molecular formula is C8H16N2O4. The smallest absolute Gasteiger partial charge is 0.325 e. The Balaban J connectivity index is 3.39. The van der Waals surface area contributed by atoms with Gasteiger partial charge in [0.2, 0.25) is 0 Å². The number of ether oxygens (including phenoxy) is 1. The molecule has 0 radical (unpaired) electrons. The van der Waals surface area contributed by atoms with E-state index in [1.807, 2.05) is 0 Å². The number of amides is 2. The zero-order valence-corrected chi connectivity index (χ0v) is 8.21. The van der Waals surface area contributed by atoms with Gasteiger partial charge >= 0.3 is 12.0 Å². The molecule has 3 N–H and O–H groups in total. The summed E-state index contributed by atoms with van der Waals surface area (Å²) in [5, 5.41) is 13.2. The molecule has 0 bridgehead atoms. The van der Waals surface area contributed by atoms with Crippen molar-refractivity contribution in [2.24, 2.45) is 0 Å². The van der Waals surface area contributed by atoms with Gasteiger partial charge in [-0.05, 0) is 13.3 Å². The molecule has 82 valence electrons. The predicted octanol–water partition coefficient (Wildman–Crippen LogP) is -0.769.